The number of rotatable bonds is 9. The van der Waals surface area contributed by atoms with Crippen LogP contribution in [0, 0.1) is 11.3 Å². The molecular weight excluding hydrogens is 498 g/mol. The predicted molar refractivity (Wildman–Crippen MR) is 156 cm³/mol. The fourth-order valence-corrected chi connectivity index (χ4v) is 7.29. The number of piperidine rings is 2. The molecule has 2 aromatic heterocycles. The Kier molecular flexibility index (Phi) is 8.63. The van der Waals surface area contributed by atoms with Crippen molar-refractivity contribution >= 4 is 5.91 Å². The molecule has 1 aromatic carbocycles. The summed E-state index contributed by atoms with van der Waals surface area (Å²) in [5, 5.41) is 0. The van der Waals surface area contributed by atoms with Crippen LogP contribution in [-0.2, 0) is 19.6 Å². The van der Waals surface area contributed by atoms with Crippen molar-refractivity contribution in [3.8, 4) is 0 Å². The van der Waals surface area contributed by atoms with Gasteiger partial charge in [-0.1, -0.05) is 31.4 Å². The number of nitrogens with one attached hydrogen (secondary N) is 2. The van der Waals surface area contributed by atoms with E-state index in [-0.39, 0.29) is 5.91 Å². The smallest absolute Gasteiger partial charge is 0.253 e. The molecule has 8 nitrogen and oxygen atoms in total. The van der Waals surface area contributed by atoms with Crippen LogP contribution >= 0.6 is 0 Å². The van der Waals surface area contributed by atoms with E-state index in [0.29, 0.717) is 18.5 Å². The monoisotopic (exact) mass is 543 g/mol. The maximum Gasteiger partial charge on any atom is 0.253 e. The van der Waals surface area contributed by atoms with Crippen molar-refractivity contribution in [1.82, 2.24) is 34.6 Å². The number of aromatic amines is 2. The molecule has 1 amide bonds. The van der Waals surface area contributed by atoms with Crippen LogP contribution in [0.1, 0.15) is 85.4 Å². The van der Waals surface area contributed by atoms with Crippen molar-refractivity contribution in [3.05, 3.63) is 71.8 Å². The van der Waals surface area contributed by atoms with E-state index < -0.39 is 0 Å². The number of carbonyl (C=O) groups is 1. The van der Waals surface area contributed by atoms with Crippen molar-refractivity contribution < 1.29 is 4.79 Å². The van der Waals surface area contributed by atoms with Gasteiger partial charge in [-0.25, -0.2) is 9.97 Å². The third kappa shape index (κ3) is 6.84. The molecule has 6 rings (SSSR count). The van der Waals surface area contributed by atoms with Crippen LogP contribution < -0.4 is 0 Å². The van der Waals surface area contributed by atoms with E-state index in [1.165, 1.54) is 76.6 Å². The molecular formula is C32H45N7O. The van der Waals surface area contributed by atoms with E-state index in [0.717, 1.165) is 49.2 Å². The zero-order valence-corrected chi connectivity index (χ0v) is 23.9. The van der Waals surface area contributed by atoms with Gasteiger partial charge in [0, 0.05) is 56.5 Å². The lowest BCUT2D eigenvalue weighted by Gasteiger charge is -2.48. The van der Waals surface area contributed by atoms with E-state index in [4.69, 9.17) is 0 Å². The molecule has 1 spiro atoms. The second kappa shape index (κ2) is 12.7. The summed E-state index contributed by atoms with van der Waals surface area (Å²) in [6.07, 6.45) is 19.3. The van der Waals surface area contributed by atoms with Crippen LogP contribution in [0.3, 0.4) is 0 Å². The maximum absolute atomic E-state index is 13.6. The third-order valence-corrected chi connectivity index (χ3v) is 9.57. The van der Waals surface area contributed by atoms with Crippen LogP contribution in [-0.4, -0.2) is 73.3 Å². The molecule has 3 aromatic rings. The molecule has 8 heteroatoms. The summed E-state index contributed by atoms with van der Waals surface area (Å²) >= 11 is 0. The average molecular weight is 544 g/mol. The summed E-state index contributed by atoms with van der Waals surface area (Å²) in [5.41, 5.74) is 2.30. The molecule has 1 aliphatic carbocycles. The minimum atomic E-state index is 0.193. The molecule has 0 radical (unpaired) electrons. The van der Waals surface area contributed by atoms with Crippen molar-refractivity contribution in [2.75, 3.05) is 32.7 Å². The quantitative estimate of drug-likeness (QED) is 0.386. The molecule has 3 aliphatic rings. The number of benzene rings is 1. The first-order valence-electron chi connectivity index (χ1n) is 15.4. The lowest BCUT2D eigenvalue weighted by atomic mass is 9.72. The predicted octanol–water partition coefficient (Wildman–Crippen LogP) is 5.23. The average Bonchev–Trinajstić information content (AvgIpc) is 3.70. The SMILES string of the molecule is O=C(c1ccc(CN(Cc2ncc[nH]2)Cc2ncc[nH]2)cc1)N1CCCC2(CCN(CC3CCCCC3)CC2)C1. The largest absolute Gasteiger partial charge is 0.348 e. The number of aromatic nitrogens is 4. The van der Waals surface area contributed by atoms with Crippen LogP contribution in [0.2, 0.25) is 0 Å². The highest BCUT2D eigenvalue weighted by Gasteiger charge is 2.40. The van der Waals surface area contributed by atoms with E-state index in [1.807, 2.05) is 24.5 Å². The van der Waals surface area contributed by atoms with E-state index >= 15 is 0 Å². The van der Waals surface area contributed by atoms with Crippen LogP contribution in [0.25, 0.3) is 0 Å². The number of likely N-dealkylation sites (tertiary alicyclic amines) is 2. The summed E-state index contributed by atoms with van der Waals surface area (Å²) in [6, 6.07) is 8.25. The molecule has 2 saturated heterocycles. The fourth-order valence-electron chi connectivity index (χ4n) is 7.29. The van der Waals surface area contributed by atoms with E-state index in [9.17, 15) is 4.79 Å². The number of amides is 1. The lowest BCUT2D eigenvalue weighted by Crippen LogP contribution is -2.51. The lowest BCUT2D eigenvalue weighted by molar-refractivity contribution is 0.0171. The summed E-state index contributed by atoms with van der Waals surface area (Å²) in [4.78, 5) is 36.0. The molecule has 0 bridgehead atoms. The van der Waals surface area contributed by atoms with Crippen LogP contribution in [0.5, 0.6) is 0 Å². The van der Waals surface area contributed by atoms with Crippen molar-refractivity contribution in [2.45, 2.75) is 77.4 Å². The molecule has 3 fully saturated rings. The highest BCUT2D eigenvalue weighted by Crippen LogP contribution is 2.40. The molecule has 4 heterocycles. The Morgan fingerprint density at radius 3 is 2.15 bits per heavy atom. The number of nitrogens with zero attached hydrogens (tertiary/aromatic N) is 5. The van der Waals surface area contributed by atoms with Crippen LogP contribution in [0.4, 0.5) is 0 Å². The van der Waals surface area contributed by atoms with Crippen molar-refractivity contribution in [2.24, 2.45) is 11.3 Å². The Balaban J connectivity index is 1.04. The van der Waals surface area contributed by atoms with Gasteiger partial charge in [0.2, 0.25) is 0 Å². The summed E-state index contributed by atoms with van der Waals surface area (Å²) in [6.45, 7) is 7.66. The molecule has 214 valence electrons. The topological polar surface area (TPSA) is 84.1 Å². The minimum Gasteiger partial charge on any atom is -0.348 e. The fraction of sp³-hybridized carbons (Fsp3) is 0.594. The van der Waals surface area contributed by atoms with Gasteiger partial charge in [-0.2, -0.15) is 0 Å². The van der Waals surface area contributed by atoms with E-state index in [1.54, 1.807) is 12.4 Å². The number of carbonyl (C=O) groups excluding carboxylic acids is 1. The minimum absolute atomic E-state index is 0.193. The first-order valence-corrected chi connectivity index (χ1v) is 15.4. The van der Waals surface area contributed by atoms with Gasteiger partial charge in [0.15, 0.2) is 0 Å². The van der Waals surface area contributed by atoms with Crippen molar-refractivity contribution in [1.29, 1.82) is 0 Å². The number of imidazole rings is 2. The Bertz CT molecular complexity index is 1140. The van der Waals surface area contributed by atoms with Gasteiger partial charge in [-0.3, -0.25) is 9.69 Å². The number of hydrogen-bond donors (Lipinski definition) is 2. The summed E-state index contributed by atoms with van der Waals surface area (Å²) in [5.74, 6) is 2.96. The second-order valence-corrected chi connectivity index (χ2v) is 12.5. The molecule has 1 saturated carbocycles. The maximum atomic E-state index is 13.6. The molecule has 2 aliphatic heterocycles. The second-order valence-electron chi connectivity index (χ2n) is 12.5. The van der Waals surface area contributed by atoms with Gasteiger partial charge in [-0.05, 0) is 80.6 Å². The highest BCUT2D eigenvalue weighted by atomic mass is 16.2. The first kappa shape index (κ1) is 27.2. The number of H-pyrrole nitrogens is 2. The zero-order valence-electron chi connectivity index (χ0n) is 23.9. The van der Waals surface area contributed by atoms with Crippen LogP contribution in [0.15, 0.2) is 49.1 Å². The molecule has 40 heavy (non-hydrogen) atoms. The van der Waals surface area contributed by atoms with Gasteiger partial charge in [0.1, 0.15) is 11.6 Å². The first-order chi connectivity index (χ1) is 19.6. The Morgan fingerprint density at radius 2 is 1.52 bits per heavy atom. The van der Waals surface area contributed by atoms with Crippen molar-refractivity contribution in [3.63, 3.8) is 0 Å². The van der Waals surface area contributed by atoms with Gasteiger partial charge in [0.25, 0.3) is 5.91 Å². The standard InChI is InChI=1S/C32H45N7O/c40-31(39-18-4-11-32(25-39)12-19-37(20-13-32)21-26-5-2-1-3-6-26)28-9-7-27(8-10-28)22-38(23-29-33-14-15-34-29)24-30-35-16-17-36-30/h7-10,14-17,26H,1-6,11-13,18-25H2,(H,33,34)(H,35,36). The van der Waals surface area contributed by atoms with E-state index in [2.05, 4.69) is 46.8 Å². The third-order valence-electron chi connectivity index (χ3n) is 9.57. The normalized spacial score (nSPS) is 20.4. The molecule has 0 atom stereocenters. The molecule has 0 unspecified atom stereocenters. The Labute approximate surface area is 238 Å². The Hall–Kier alpha value is -2.97. The van der Waals surface area contributed by atoms with Gasteiger partial charge < -0.3 is 19.8 Å². The molecule has 2 N–H and O–H groups in total. The number of hydrogen-bond acceptors (Lipinski definition) is 5. The highest BCUT2D eigenvalue weighted by molar-refractivity contribution is 5.94. The van der Waals surface area contributed by atoms with Gasteiger partial charge >= 0.3 is 0 Å². The van der Waals surface area contributed by atoms with Gasteiger partial charge in [0.05, 0.1) is 13.1 Å². The zero-order chi connectivity index (χ0) is 27.2. The van der Waals surface area contributed by atoms with Gasteiger partial charge in [-0.15, -0.1) is 0 Å². The summed E-state index contributed by atoms with van der Waals surface area (Å²) < 4.78 is 0. The summed E-state index contributed by atoms with van der Waals surface area (Å²) in [7, 11) is 0. The Morgan fingerprint density at radius 1 is 0.850 bits per heavy atom.